The predicted octanol–water partition coefficient (Wildman–Crippen LogP) is 1.21. The molecule has 0 bridgehead atoms. The van der Waals surface area contributed by atoms with Gasteiger partial charge in [0, 0.05) is 32.1 Å². The number of hydrogen-bond donors (Lipinski definition) is 2. The first kappa shape index (κ1) is 13.8. The number of nitrogens with two attached hydrogens (primary N) is 1. The average Bonchev–Trinajstić information content (AvgIpc) is 2.39. The Hall–Kier alpha value is -1.62. The van der Waals surface area contributed by atoms with E-state index in [1.165, 1.54) is 0 Å². The van der Waals surface area contributed by atoms with E-state index < -0.39 is 0 Å². The van der Waals surface area contributed by atoms with Crippen molar-refractivity contribution in [1.29, 1.82) is 0 Å². The first-order valence-corrected chi connectivity index (χ1v) is 6.80. The molecular formula is C14H22N4O. The molecule has 0 aromatic carbocycles. The van der Waals surface area contributed by atoms with Crippen LogP contribution in [0.25, 0.3) is 0 Å². The van der Waals surface area contributed by atoms with Crippen LogP contribution in [0.1, 0.15) is 38.4 Å². The summed E-state index contributed by atoms with van der Waals surface area (Å²) in [5.74, 6) is 0.0569. The molecule has 1 saturated heterocycles. The normalized spacial score (nSPS) is 18.2. The number of aromatic nitrogens is 1. The molecule has 1 aliphatic rings. The third-order valence-corrected chi connectivity index (χ3v) is 3.50. The van der Waals surface area contributed by atoms with Gasteiger partial charge in [-0.3, -0.25) is 9.78 Å². The summed E-state index contributed by atoms with van der Waals surface area (Å²) in [7, 11) is 0. The van der Waals surface area contributed by atoms with Gasteiger partial charge in [0.05, 0.1) is 17.6 Å². The van der Waals surface area contributed by atoms with E-state index in [9.17, 15) is 4.79 Å². The van der Waals surface area contributed by atoms with Crippen molar-refractivity contribution in [3.8, 4) is 0 Å². The molecule has 3 N–H and O–H groups in total. The second-order valence-corrected chi connectivity index (χ2v) is 5.19. The Kier molecular flexibility index (Phi) is 4.37. The fourth-order valence-electron chi connectivity index (χ4n) is 2.42. The molecule has 1 aromatic heterocycles. The van der Waals surface area contributed by atoms with E-state index in [2.05, 4.69) is 21.3 Å². The highest BCUT2D eigenvalue weighted by Crippen LogP contribution is 2.20. The number of pyridine rings is 1. The Labute approximate surface area is 114 Å². The number of carbonyl (C=O) groups excluding carboxylic acids is 1. The molecule has 0 saturated carbocycles. The van der Waals surface area contributed by atoms with Crippen molar-refractivity contribution in [3.05, 3.63) is 24.0 Å². The molecule has 0 unspecified atom stereocenters. The van der Waals surface area contributed by atoms with Crippen LogP contribution >= 0.6 is 0 Å². The summed E-state index contributed by atoms with van der Waals surface area (Å²) >= 11 is 0. The van der Waals surface area contributed by atoms with E-state index in [1.54, 1.807) is 6.92 Å². The maximum Gasteiger partial charge on any atom is 0.217 e. The van der Waals surface area contributed by atoms with Crippen LogP contribution in [0.3, 0.4) is 0 Å². The maximum absolute atomic E-state index is 11.0. The van der Waals surface area contributed by atoms with Gasteiger partial charge in [-0.1, -0.05) is 0 Å². The second-order valence-electron chi connectivity index (χ2n) is 5.19. The van der Waals surface area contributed by atoms with Gasteiger partial charge in [-0.2, -0.15) is 0 Å². The standard InChI is InChI=1S/C14H22N4O/c1-10(15)14-4-3-13(9-16-14)18-7-5-12(6-8-18)17-11(2)19/h3-4,9-10,12H,5-8,15H2,1-2H3,(H,17,19)/t10-/m1/s1. The van der Waals surface area contributed by atoms with Crippen LogP contribution in [0.2, 0.25) is 0 Å². The quantitative estimate of drug-likeness (QED) is 0.859. The highest BCUT2D eigenvalue weighted by molar-refractivity contribution is 5.73. The lowest BCUT2D eigenvalue weighted by Gasteiger charge is -2.33. The van der Waals surface area contributed by atoms with Gasteiger partial charge >= 0.3 is 0 Å². The molecule has 5 heteroatoms. The van der Waals surface area contributed by atoms with E-state index in [4.69, 9.17) is 5.73 Å². The van der Waals surface area contributed by atoms with E-state index in [1.807, 2.05) is 19.2 Å². The molecule has 1 aliphatic heterocycles. The molecule has 19 heavy (non-hydrogen) atoms. The van der Waals surface area contributed by atoms with E-state index in [0.29, 0.717) is 6.04 Å². The lowest BCUT2D eigenvalue weighted by Crippen LogP contribution is -2.44. The number of amides is 1. The molecular weight excluding hydrogens is 240 g/mol. The highest BCUT2D eigenvalue weighted by Gasteiger charge is 2.20. The van der Waals surface area contributed by atoms with Gasteiger partial charge in [0.2, 0.25) is 5.91 Å². The molecule has 0 spiro atoms. The number of piperidine rings is 1. The zero-order chi connectivity index (χ0) is 13.8. The molecule has 1 aromatic rings. The summed E-state index contributed by atoms with van der Waals surface area (Å²) in [6.45, 7) is 5.40. The topological polar surface area (TPSA) is 71.2 Å². The highest BCUT2D eigenvalue weighted by atomic mass is 16.1. The summed E-state index contributed by atoms with van der Waals surface area (Å²) in [5, 5.41) is 2.98. The first-order chi connectivity index (χ1) is 9.06. The lowest BCUT2D eigenvalue weighted by atomic mass is 10.0. The minimum Gasteiger partial charge on any atom is -0.370 e. The molecule has 0 aliphatic carbocycles. The third kappa shape index (κ3) is 3.67. The van der Waals surface area contributed by atoms with Crippen molar-refractivity contribution in [2.24, 2.45) is 5.73 Å². The molecule has 104 valence electrons. The van der Waals surface area contributed by atoms with Crippen molar-refractivity contribution in [3.63, 3.8) is 0 Å². The van der Waals surface area contributed by atoms with Crippen LogP contribution < -0.4 is 16.0 Å². The van der Waals surface area contributed by atoms with E-state index in [0.717, 1.165) is 37.3 Å². The Balaban J connectivity index is 1.92. The van der Waals surface area contributed by atoms with Gasteiger partial charge in [-0.15, -0.1) is 0 Å². The van der Waals surface area contributed by atoms with Gasteiger partial charge in [-0.25, -0.2) is 0 Å². The molecule has 1 atom stereocenters. The van der Waals surface area contributed by atoms with Crippen LogP contribution in [0.5, 0.6) is 0 Å². The molecule has 2 rings (SSSR count). The van der Waals surface area contributed by atoms with Gasteiger partial charge in [0.15, 0.2) is 0 Å². The molecule has 1 amide bonds. The zero-order valence-corrected chi connectivity index (χ0v) is 11.6. The minimum atomic E-state index is -0.0282. The third-order valence-electron chi connectivity index (χ3n) is 3.50. The Morgan fingerprint density at radius 3 is 2.63 bits per heavy atom. The van der Waals surface area contributed by atoms with Crippen LogP contribution in [0, 0.1) is 0 Å². The van der Waals surface area contributed by atoms with E-state index in [-0.39, 0.29) is 11.9 Å². The van der Waals surface area contributed by atoms with Crippen molar-refractivity contribution in [2.45, 2.75) is 38.8 Å². The maximum atomic E-state index is 11.0. The fraction of sp³-hybridized carbons (Fsp3) is 0.571. The van der Waals surface area contributed by atoms with Gasteiger partial charge in [-0.05, 0) is 31.9 Å². The summed E-state index contributed by atoms with van der Waals surface area (Å²) in [6.07, 6.45) is 3.85. The molecule has 0 radical (unpaired) electrons. The van der Waals surface area contributed by atoms with Gasteiger partial charge in [0.25, 0.3) is 0 Å². The van der Waals surface area contributed by atoms with Crippen LogP contribution in [0.15, 0.2) is 18.3 Å². The first-order valence-electron chi connectivity index (χ1n) is 6.80. The van der Waals surface area contributed by atoms with Crippen LogP contribution in [0.4, 0.5) is 5.69 Å². The number of nitrogens with one attached hydrogen (secondary N) is 1. The van der Waals surface area contributed by atoms with Crippen molar-refractivity contribution < 1.29 is 4.79 Å². The van der Waals surface area contributed by atoms with Crippen molar-refractivity contribution in [2.75, 3.05) is 18.0 Å². The number of carbonyl (C=O) groups is 1. The predicted molar refractivity (Wildman–Crippen MR) is 75.9 cm³/mol. The SMILES string of the molecule is CC(=O)NC1CCN(c2ccc([C@@H](C)N)nc2)CC1. The fourth-order valence-corrected chi connectivity index (χ4v) is 2.42. The summed E-state index contributed by atoms with van der Waals surface area (Å²) < 4.78 is 0. The summed E-state index contributed by atoms with van der Waals surface area (Å²) in [6, 6.07) is 4.34. The number of nitrogens with zero attached hydrogens (tertiary/aromatic N) is 2. The molecule has 2 heterocycles. The number of rotatable bonds is 3. The lowest BCUT2D eigenvalue weighted by molar-refractivity contribution is -0.119. The van der Waals surface area contributed by atoms with Gasteiger partial charge in [0.1, 0.15) is 0 Å². The Bertz CT molecular complexity index is 422. The minimum absolute atomic E-state index is 0.0282. The Morgan fingerprint density at radius 2 is 2.16 bits per heavy atom. The van der Waals surface area contributed by atoms with Crippen LogP contribution in [-0.4, -0.2) is 30.0 Å². The summed E-state index contributed by atoms with van der Waals surface area (Å²) in [4.78, 5) is 17.7. The molecule has 5 nitrogen and oxygen atoms in total. The van der Waals surface area contributed by atoms with Crippen LogP contribution in [-0.2, 0) is 4.79 Å². The number of anilines is 1. The second kappa shape index (κ2) is 6.02. The summed E-state index contributed by atoms with van der Waals surface area (Å²) in [5.41, 5.74) is 7.83. The molecule has 1 fully saturated rings. The Morgan fingerprint density at radius 1 is 1.47 bits per heavy atom. The number of hydrogen-bond acceptors (Lipinski definition) is 4. The van der Waals surface area contributed by atoms with Gasteiger partial charge < -0.3 is 16.0 Å². The smallest absolute Gasteiger partial charge is 0.217 e. The largest absolute Gasteiger partial charge is 0.370 e. The van der Waals surface area contributed by atoms with E-state index >= 15 is 0 Å². The average molecular weight is 262 g/mol. The zero-order valence-electron chi connectivity index (χ0n) is 11.6. The van der Waals surface area contributed by atoms with Crippen molar-refractivity contribution >= 4 is 11.6 Å². The van der Waals surface area contributed by atoms with Crippen molar-refractivity contribution in [1.82, 2.24) is 10.3 Å². The monoisotopic (exact) mass is 262 g/mol.